The molecule has 3 N–H and O–H groups in total. The van der Waals surface area contributed by atoms with Crippen LogP contribution < -0.4 is 11.1 Å². The van der Waals surface area contributed by atoms with Crippen LogP contribution >= 0.6 is 0 Å². The molecular formula is C31H37N7O2. The summed E-state index contributed by atoms with van der Waals surface area (Å²) in [6.45, 7) is 12.1. The van der Waals surface area contributed by atoms with Crippen LogP contribution in [0.4, 0.5) is 5.82 Å². The third-order valence-electron chi connectivity index (χ3n) is 6.96. The van der Waals surface area contributed by atoms with E-state index in [0.29, 0.717) is 28.9 Å². The van der Waals surface area contributed by atoms with E-state index in [1.165, 1.54) is 5.56 Å². The lowest BCUT2D eigenvalue weighted by Crippen LogP contribution is -2.34. The highest BCUT2D eigenvalue weighted by atomic mass is 16.5. The fraction of sp³-hybridized carbons (Fsp3) is 0.387. The summed E-state index contributed by atoms with van der Waals surface area (Å²) in [5.74, 6) is 0.726. The molecule has 0 spiro atoms. The second-order valence-corrected chi connectivity index (χ2v) is 10.1. The average Bonchev–Trinajstić information content (AvgIpc) is 3.39. The van der Waals surface area contributed by atoms with Gasteiger partial charge < -0.3 is 20.3 Å². The van der Waals surface area contributed by atoms with Gasteiger partial charge >= 0.3 is 0 Å². The van der Waals surface area contributed by atoms with Crippen molar-refractivity contribution in [1.29, 1.82) is 5.26 Å². The first kappa shape index (κ1) is 28.9. The molecule has 0 amide bonds. The molecule has 4 aromatic rings. The van der Waals surface area contributed by atoms with Gasteiger partial charge in [0.15, 0.2) is 17.3 Å². The first-order valence-electron chi connectivity index (χ1n) is 13.7. The maximum absolute atomic E-state index is 9.50. The van der Waals surface area contributed by atoms with E-state index in [0.717, 1.165) is 55.0 Å². The molecule has 208 valence electrons. The number of nitrogen functional groups attached to an aromatic ring is 1. The minimum absolute atomic E-state index is 0.251. The van der Waals surface area contributed by atoms with E-state index >= 15 is 0 Å². The normalized spacial score (nSPS) is 13.8. The van der Waals surface area contributed by atoms with E-state index in [-0.39, 0.29) is 5.82 Å². The largest absolute Gasteiger partial charge is 0.382 e. The van der Waals surface area contributed by atoms with Gasteiger partial charge in [-0.25, -0.2) is 9.97 Å². The highest BCUT2D eigenvalue weighted by Crippen LogP contribution is 2.34. The summed E-state index contributed by atoms with van der Waals surface area (Å²) in [6, 6.07) is 14.8. The topological polar surface area (TPSA) is 136 Å². The highest BCUT2D eigenvalue weighted by molar-refractivity contribution is 5.76. The molecule has 5 rings (SSSR count). The Bertz CT molecular complexity index is 1470. The molecule has 9 nitrogen and oxygen atoms in total. The summed E-state index contributed by atoms with van der Waals surface area (Å²) in [7, 11) is 0. The Labute approximate surface area is 235 Å². The Hall–Kier alpha value is -4.13. The van der Waals surface area contributed by atoms with Crippen LogP contribution in [-0.2, 0) is 16.7 Å². The summed E-state index contributed by atoms with van der Waals surface area (Å²) in [4.78, 5) is 13.5. The van der Waals surface area contributed by atoms with Crippen molar-refractivity contribution in [2.75, 3.05) is 18.9 Å². The number of pyridine rings is 1. The number of hydrogen-bond donors (Lipinski definition) is 2. The van der Waals surface area contributed by atoms with Crippen molar-refractivity contribution in [3.63, 3.8) is 0 Å². The van der Waals surface area contributed by atoms with Gasteiger partial charge in [-0.1, -0.05) is 43.3 Å². The lowest BCUT2D eigenvalue weighted by atomic mass is 9.90. The SMILES string of the molecule is CC.Cc1c(-c2ccc(CNC3CCOCC3)cc2)noc1-c1nc(-c2ccnc(C(C)(C)C#N)c2)cnc1N. The zero-order valence-electron chi connectivity index (χ0n) is 23.9. The Morgan fingerprint density at radius 3 is 2.48 bits per heavy atom. The van der Waals surface area contributed by atoms with Crippen LogP contribution in [0.25, 0.3) is 34.0 Å². The van der Waals surface area contributed by atoms with Crippen LogP contribution in [0, 0.1) is 18.3 Å². The molecule has 0 atom stereocenters. The molecule has 1 aliphatic rings. The number of nitrogens with one attached hydrogen (secondary N) is 1. The zero-order chi connectivity index (χ0) is 28.7. The third kappa shape index (κ3) is 6.36. The van der Waals surface area contributed by atoms with Crippen molar-refractivity contribution in [2.45, 2.75) is 65.5 Å². The lowest BCUT2D eigenvalue weighted by molar-refractivity contribution is 0.0776. The van der Waals surface area contributed by atoms with E-state index in [1.807, 2.05) is 46.8 Å². The maximum Gasteiger partial charge on any atom is 0.192 e. The van der Waals surface area contributed by atoms with Gasteiger partial charge in [0.25, 0.3) is 0 Å². The molecule has 9 heteroatoms. The molecule has 0 radical (unpaired) electrons. The van der Waals surface area contributed by atoms with Crippen molar-refractivity contribution in [2.24, 2.45) is 0 Å². The molecule has 0 aliphatic carbocycles. The second kappa shape index (κ2) is 12.8. The van der Waals surface area contributed by atoms with Gasteiger partial charge in [-0.05, 0) is 51.3 Å². The van der Waals surface area contributed by atoms with Crippen LogP contribution in [0.1, 0.15) is 57.4 Å². The van der Waals surface area contributed by atoms with Gasteiger partial charge in [-0.3, -0.25) is 4.98 Å². The predicted molar refractivity (Wildman–Crippen MR) is 156 cm³/mol. The number of aromatic nitrogens is 4. The molecule has 3 aromatic heterocycles. The summed E-state index contributed by atoms with van der Waals surface area (Å²) in [5, 5.41) is 17.4. The quantitative estimate of drug-likeness (QED) is 0.296. The van der Waals surface area contributed by atoms with Crippen LogP contribution in [-0.4, -0.2) is 39.4 Å². The Morgan fingerprint density at radius 1 is 1.05 bits per heavy atom. The number of nitrogens with two attached hydrogens (primary N) is 1. The van der Waals surface area contributed by atoms with Crippen molar-refractivity contribution < 1.29 is 9.26 Å². The van der Waals surface area contributed by atoms with Gasteiger partial charge in [0.1, 0.15) is 5.69 Å². The number of rotatable bonds is 7. The van der Waals surface area contributed by atoms with E-state index in [1.54, 1.807) is 12.4 Å². The fourth-order valence-corrected chi connectivity index (χ4v) is 4.46. The highest BCUT2D eigenvalue weighted by Gasteiger charge is 2.23. The molecule has 1 aliphatic heterocycles. The molecule has 0 saturated carbocycles. The number of benzene rings is 1. The lowest BCUT2D eigenvalue weighted by Gasteiger charge is -2.23. The minimum atomic E-state index is -0.729. The minimum Gasteiger partial charge on any atom is -0.382 e. The van der Waals surface area contributed by atoms with Gasteiger partial charge in [0, 0.05) is 48.7 Å². The van der Waals surface area contributed by atoms with Crippen LogP contribution in [0.15, 0.2) is 53.3 Å². The number of anilines is 1. The molecule has 40 heavy (non-hydrogen) atoms. The molecule has 1 aromatic carbocycles. The molecular weight excluding hydrogens is 502 g/mol. The Balaban J connectivity index is 0.00000181. The van der Waals surface area contributed by atoms with Crippen LogP contribution in [0.3, 0.4) is 0 Å². The molecule has 1 fully saturated rings. The number of hydrogen-bond acceptors (Lipinski definition) is 9. The third-order valence-corrected chi connectivity index (χ3v) is 6.96. The molecule has 1 saturated heterocycles. The molecule has 0 bridgehead atoms. The Kier molecular flexibility index (Phi) is 9.25. The van der Waals surface area contributed by atoms with E-state index in [9.17, 15) is 5.26 Å². The van der Waals surface area contributed by atoms with Crippen molar-refractivity contribution in [1.82, 2.24) is 25.4 Å². The fourth-order valence-electron chi connectivity index (χ4n) is 4.46. The van der Waals surface area contributed by atoms with E-state index < -0.39 is 5.41 Å². The summed E-state index contributed by atoms with van der Waals surface area (Å²) in [6.07, 6.45) is 5.37. The van der Waals surface area contributed by atoms with Gasteiger partial charge in [0.2, 0.25) is 0 Å². The van der Waals surface area contributed by atoms with Gasteiger partial charge in [-0.15, -0.1) is 0 Å². The summed E-state index contributed by atoms with van der Waals surface area (Å²) < 4.78 is 11.2. The molecule has 0 unspecified atom stereocenters. The van der Waals surface area contributed by atoms with Crippen molar-refractivity contribution in [3.8, 4) is 40.0 Å². The first-order valence-corrected chi connectivity index (χ1v) is 13.7. The second-order valence-electron chi connectivity index (χ2n) is 10.1. The van der Waals surface area contributed by atoms with Crippen molar-refractivity contribution in [3.05, 3.63) is 65.6 Å². The predicted octanol–water partition coefficient (Wildman–Crippen LogP) is 5.85. The van der Waals surface area contributed by atoms with Crippen molar-refractivity contribution >= 4 is 5.82 Å². The smallest absolute Gasteiger partial charge is 0.192 e. The van der Waals surface area contributed by atoms with Crippen LogP contribution in [0.5, 0.6) is 0 Å². The standard InChI is InChI=1S/C29H31N7O2.C2H6/c1-18-25(20-6-4-19(5-7-20)15-33-22-9-12-37-13-10-22)36-38-27(18)26-28(31)34-16-23(35-26)21-8-11-32-24(14-21)29(2,3)17-30;1-2/h4-8,11,14,16,22,33H,9-10,12-13,15H2,1-3H3,(H2,31,34);1-2H3. The number of nitriles is 1. The van der Waals surface area contributed by atoms with Gasteiger partial charge in [0.05, 0.1) is 29.1 Å². The zero-order valence-corrected chi connectivity index (χ0v) is 23.9. The summed E-state index contributed by atoms with van der Waals surface area (Å²) in [5.41, 5.74) is 11.7. The maximum atomic E-state index is 9.50. The number of ether oxygens (including phenoxy) is 1. The molecule has 4 heterocycles. The average molecular weight is 540 g/mol. The first-order chi connectivity index (χ1) is 19.4. The van der Waals surface area contributed by atoms with E-state index in [4.69, 9.17) is 20.0 Å². The van der Waals surface area contributed by atoms with E-state index in [2.05, 4.69) is 50.8 Å². The monoisotopic (exact) mass is 539 g/mol. The van der Waals surface area contributed by atoms with Gasteiger partial charge in [-0.2, -0.15) is 5.26 Å². The summed E-state index contributed by atoms with van der Waals surface area (Å²) >= 11 is 0. The van der Waals surface area contributed by atoms with Crippen LogP contribution in [0.2, 0.25) is 0 Å². The Morgan fingerprint density at radius 2 is 1.77 bits per heavy atom. The number of nitrogens with zero attached hydrogens (tertiary/aromatic N) is 5.